The van der Waals surface area contributed by atoms with Gasteiger partial charge < -0.3 is 14.6 Å². The van der Waals surface area contributed by atoms with E-state index in [9.17, 15) is 14.4 Å². The largest absolute Gasteiger partial charge is 0.496 e. The molecule has 0 radical (unpaired) electrons. The Hall–Kier alpha value is -4.01. The van der Waals surface area contributed by atoms with Gasteiger partial charge in [0.25, 0.3) is 17.7 Å². The van der Waals surface area contributed by atoms with Crippen LogP contribution in [0.5, 0.6) is 5.75 Å². The molecule has 3 aromatic rings. The maximum Gasteiger partial charge on any atom is 0.261 e. The lowest BCUT2D eigenvalue weighted by Gasteiger charge is -2.31. The van der Waals surface area contributed by atoms with E-state index in [0.29, 0.717) is 52.6 Å². The first-order valence-electron chi connectivity index (χ1n) is 12.2. The topological polar surface area (TPSA) is 115 Å². The van der Waals surface area contributed by atoms with Crippen LogP contribution in [0.1, 0.15) is 86.9 Å². The van der Waals surface area contributed by atoms with Gasteiger partial charge in [-0.2, -0.15) is 4.98 Å². The molecule has 1 fully saturated rings. The number of carbonyl (C=O) groups excluding carboxylic acids is 3. The van der Waals surface area contributed by atoms with Crippen LogP contribution >= 0.6 is 0 Å². The quantitative estimate of drug-likeness (QED) is 0.409. The summed E-state index contributed by atoms with van der Waals surface area (Å²) >= 11 is 0. The Labute approximate surface area is 208 Å². The molecule has 0 atom stereocenters. The van der Waals surface area contributed by atoms with E-state index in [4.69, 9.17) is 9.26 Å². The number of imide groups is 1. The summed E-state index contributed by atoms with van der Waals surface area (Å²) in [7, 11) is 1.50. The highest BCUT2D eigenvalue weighted by Gasteiger charge is 2.40. The number of carbonyl (C=O) groups is 3. The van der Waals surface area contributed by atoms with Crippen molar-refractivity contribution in [1.29, 1.82) is 0 Å². The van der Waals surface area contributed by atoms with Gasteiger partial charge in [0, 0.05) is 6.92 Å². The third-order valence-electron chi connectivity index (χ3n) is 6.99. The maximum atomic E-state index is 13.7. The number of hydrogen-bond acceptors (Lipinski definition) is 7. The van der Waals surface area contributed by atoms with Gasteiger partial charge in [0.15, 0.2) is 5.82 Å². The number of benzene rings is 2. The summed E-state index contributed by atoms with van der Waals surface area (Å²) < 4.78 is 10.7. The highest BCUT2D eigenvalue weighted by atomic mass is 16.5. The van der Waals surface area contributed by atoms with Gasteiger partial charge in [0.1, 0.15) is 11.3 Å². The normalized spacial score (nSPS) is 17.0. The first-order chi connectivity index (χ1) is 17.4. The van der Waals surface area contributed by atoms with Crippen LogP contribution in [0.3, 0.4) is 0 Å². The number of aryl methyl sites for hydroxylation is 1. The minimum atomic E-state index is -0.741. The van der Waals surface area contributed by atoms with Crippen molar-refractivity contribution in [3.8, 4) is 5.75 Å². The molecule has 1 aliphatic heterocycles. The second-order valence-electron chi connectivity index (χ2n) is 9.36. The van der Waals surface area contributed by atoms with Crippen molar-refractivity contribution in [1.82, 2.24) is 20.4 Å². The molecule has 2 aliphatic rings. The first-order valence-corrected chi connectivity index (χ1v) is 12.2. The highest BCUT2D eigenvalue weighted by molar-refractivity contribution is 6.21. The molecule has 9 heteroatoms. The van der Waals surface area contributed by atoms with Crippen LogP contribution in [0, 0.1) is 6.92 Å². The molecule has 2 aromatic carbocycles. The Morgan fingerprint density at radius 2 is 1.72 bits per heavy atom. The lowest BCUT2D eigenvalue weighted by atomic mass is 9.88. The van der Waals surface area contributed by atoms with Crippen LogP contribution in [0.2, 0.25) is 0 Å². The molecule has 9 nitrogen and oxygen atoms in total. The second kappa shape index (κ2) is 9.56. The Morgan fingerprint density at radius 1 is 1.06 bits per heavy atom. The fraction of sp³-hybridized carbons (Fsp3) is 0.370. The molecule has 1 saturated carbocycles. The fourth-order valence-corrected chi connectivity index (χ4v) is 5.11. The number of ether oxygens (including phenoxy) is 1. The van der Waals surface area contributed by atoms with Crippen LogP contribution in [-0.4, -0.2) is 39.9 Å². The molecule has 36 heavy (non-hydrogen) atoms. The summed E-state index contributed by atoms with van der Waals surface area (Å²) in [5.74, 6) is 0.302. The summed E-state index contributed by atoms with van der Waals surface area (Å²) in [5, 5.41) is 7.35. The van der Waals surface area contributed by atoms with Crippen molar-refractivity contribution in [2.75, 3.05) is 7.11 Å². The summed E-state index contributed by atoms with van der Waals surface area (Å²) in [6.07, 6.45) is 5.43. The van der Waals surface area contributed by atoms with Crippen molar-refractivity contribution < 1.29 is 23.6 Å². The number of hydrogen-bond donors (Lipinski definition) is 1. The van der Waals surface area contributed by atoms with Gasteiger partial charge in [0.05, 0.1) is 30.3 Å². The van der Waals surface area contributed by atoms with Crippen molar-refractivity contribution >= 4 is 17.7 Å². The smallest absolute Gasteiger partial charge is 0.261 e. The van der Waals surface area contributed by atoms with Crippen molar-refractivity contribution in [3.63, 3.8) is 0 Å². The van der Waals surface area contributed by atoms with E-state index in [1.807, 2.05) is 0 Å². The van der Waals surface area contributed by atoms with E-state index < -0.39 is 5.54 Å². The van der Waals surface area contributed by atoms with Crippen LogP contribution in [0.25, 0.3) is 0 Å². The SMILES string of the molecule is COc1ccc(CN2C(=O)c3ccccc3C2=O)cc1C(=O)NC1(c2noc(C)n2)CCCCCC1. The number of rotatable bonds is 6. The molecule has 0 spiro atoms. The summed E-state index contributed by atoms with van der Waals surface area (Å²) in [6.45, 7) is 1.78. The van der Waals surface area contributed by atoms with Gasteiger partial charge in [-0.25, -0.2) is 0 Å². The maximum absolute atomic E-state index is 13.7. The number of methoxy groups -OCH3 is 1. The van der Waals surface area contributed by atoms with Crippen molar-refractivity contribution in [3.05, 3.63) is 76.4 Å². The number of fused-ring (bicyclic) bond motifs is 1. The average Bonchev–Trinajstić information content (AvgIpc) is 3.32. The number of amides is 3. The lowest BCUT2D eigenvalue weighted by molar-refractivity contribution is 0.0642. The van der Waals surface area contributed by atoms with Crippen LogP contribution in [0.4, 0.5) is 0 Å². The first kappa shape index (κ1) is 23.7. The van der Waals surface area contributed by atoms with Gasteiger partial charge >= 0.3 is 0 Å². The summed E-state index contributed by atoms with van der Waals surface area (Å²) in [6, 6.07) is 11.9. The lowest BCUT2D eigenvalue weighted by Crippen LogP contribution is -2.46. The van der Waals surface area contributed by atoms with Gasteiger partial charge in [-0.1, -0.05) is 49.0 Å². The van der Waals surface area contributed by atoms with Gasteiger partial charge in [-0.3, -0.25) is 19.3 Å². The Balaban J connectivity index is 1.43. The average molecular weight is 489 g/mol. The molecular formula is C27H28N4O5. The molecule has 0 bridgehead atoms. The molecule has 2 heterocycles. The molecule has 1 aromatic heterocycles. The van der Waals surface area contributed by atoms with Gasteiger partial charge in [-0.05, 0) is 42.7 Å². The number of nitrogens with one attached hydrogen (secondary N) is 1. The van der Waals surface area contributed by atoms with Crippen molar-refractivity contribution in [2.24, 2.45) is 0 Å². The minimum Gasteiger partial charge on any atom is -0.496 e. The molecule has 0 saturated heterocycles. The summed E-state index contributed by atoms with van der Waals surface area (Å²) in [5.41, 5.74) is 0.991. The van der Waals surface area contributed by atoms with E-state index in [1.165, 1.54) is 12.0 Å². The van der Waals surface area contributed by atoms with E-state index >= 15 is 0 Å². The standard InChI is InChI=1S/C27H28N4O5/c1-17-28-26(30-36-17)27(13-7-3-4-8-14-27)29-23(32)21-15-18(11-12-22(21)35-2)16-31-24(33)19-9-5-6-10-20(19)25(31)34/h5-6,9-12,15H,3-4,7-8,13-14,16H2,1-2H3,(H,29,32). The van der Waals surface area contributed by atoms with E-state index in [2.05, 4.69) is 15.5 Å². The zero-order valence-corrected chi connectivity index (χ0v) is 20.4. The Bertz CT molecular complexity index is 1290. The predicted octanol–water partition coefficient (Wildman–Crippen LogP) is 4.16. The van der Waals surface area contributed by atoms with Crippen LogP contribution < -0.4 is 10.1 Å². The molecule has 1 N–H and O–H groups in total. The zero-order valence-electron chi connectivity index (χ0n) is 20.4. The van der Waals surface area contributed by atoms with Crippen molar-refractivity contribution in [2.45, 2.75) is 57.5 Å². The molecule has 5 rings (SSSR count). The minimum absolute atomic E-state index is 0.0474. The van der Waals surface area contributed by atoms with E-state index in [1.54, 1.807) is 49.4 Å². The summed E-state index contributed by atoms with van der Waals surface area (Å²) in [4.78, 5) is 45.0. The fourth-order valence-electron chi connectivity index (χ4n) is 5.11. The molecule has 3 amide bonds. The van der Waals surface area contributed by atoms with E-state index in [0.717, 1.165) is 25.7 Å². The monoisotopic (exact) mass is 488 g/mol. The Kier molecular flexibility index (Phi) is 6.30. The van der Waals surface area contributed by atoms with Crippen LogP contribution in [0.15, 0.2) is 47.0 Å². The van der Waals surface area contributed by atoms with E-state index in [-0.39, 0.29) is 24.3 Å². The highest BCUT2D eigenvalue weighted by Crippen LogP contribution is 2.36. The zero-order chi connectivity index (χ0) is 25.3. The number of aromatic nitrogens is 2. The van der Waals surface area contributed by atoms with Gasteiger partial charge in [-0.15, -0.1) is 0 Å². The molecule has 0 unspecified atom stereocenters. The predicted molar refractivity (Wildman–Crippen MR) is 130 cm³/mol. The number of nitrogens with zero attached hydrogens (tertiary/aromatic N) is 3. The Morgan fingerprint density at radius 3 is 2.31 bits per heavy atom. The van der Waals surface area contributed by atoms with Crippen LogP contribution in [-0.2, 0) is 12.1 Å². The molecule has 186 valence electrons. The third kappa shape index (κ3) is 4.25. The van der Waals surface area contributed by atoms with Gasteiger partial charge in [0.2, 0.25) is 5.89 Å². The molecular weight excluding hydrogens is 460 g/mol. The second-order valence-corrected chi connectivity index (χ2v) is 9.36. The third-order valence-corrected chi connectivity index (χ3v) is 6.99. The molecule has 1 aliphatic carbocycles.